The van der Waals surface area contributed by atoms with E-state index in [0.717, 1.165) is 12.1 Å². The minimum absolute atomic E-state index is 0.599. The third-order valence-corrected chi connectivity index (χ3v) is 0.966. The molecule has 0 bridgehead atoms. The van der Waals surface area contributed by atoms with Gasteiger partial charge >= 0.3 is 0 Å². The van der Waals surface area contributed by atoms with Gasteiger partial charge in [0.15, 0.2) is 0 Å². The van der Waals surface area contributed by atoms with Crippen LogP contribution in [0.5, 0.6) is 0 Å². The molecule has 0 heterocycles. The van der Waals surface area contributed by atoms with Gasteiger partial charge in [-0.05, 0) is 12.3 Å². The molecule has 0 aromatic carbocycles. The normalized spacial score (nSPS) is 10.8. The zero-order chi connectivity index (χ0) is 7.98. The summed E-state index contributed by atoms with van der Waals surface area (Å²) in [5, 5.41) is 0. The van der Waals surface area contributed by atoms with E-state index in [9.17, 15) is 0 Å². The van der Waals surface area contributed by atoms with Gasteiger partial charge in [0.2, 0.25) is 0 Å². The molecule has 0 aliphatic carbocycles. The lowest BCUT2D eigenvalue weighted by atomic mass is 10.1. The summed E-state index contributed by atoms with van der Waals surface area (Å²) in [5.41, 5.74) is 3.17. The first kappa shape index (κ1) is 9.17. The fourth-order valence-corrected chi connectivity index (χ4v) is 0.653. The molecule has 0 aromatic rings. The summed E-state index contributed by atoms with van der Waals surface area (Å²) in [4.78, 5) is 3.93. The predicted molar refractivity (Wildman–Crippen MR) is 44.4 cm³/mol. The van der Waals surface area contributed by atoms with Gasteiger partial charge in [-0.2, -0.15) is 0 Å². The molecule has 0 unspecified atom stereocenters. The lowest BCUT2D eigenvalue weighted by Gasteiger charge is -2.01. The molecule has 0 fully saturated rings. The van der Waals surface area contributed by atoms with Crippen LogP contribution in [0, 0.1) is 5.92 Å². The lowest BCUT2D eigenvalue weighted by molar-refractivity contribution is 0.640. The van der Waals surface area contributed by atoms with Gasteiger partial charge in [-0.3, -0.25) is 0 Å². The number of allylic oxidation sites excluding steroid dienone is 1. The molecule has 3 heteroatoms. The minimum Gasteiger partial charge on any atom is -0.315 e. The first-order chi connectivity index (χ1) is 4.66. The van der Waals surface area contributed by atoms with Crippen molar-refractivity contribution in [2.75, 3.05) is 0 Å². The van der Waals surface area contributed by atoms with Gasteiger partial charge in [0.1, 0.15) is 6.34 Å². The Bertz CT molecular complexity index is 127. The number of hydrogen-bond donors (Lipinski definition) is 2. The van der Waals surface area contributed by atoms with Crippen LogP contribution >= 0.6 is 0 Å². The maximum atomic E-state index is 4.97. The Labute approximate surface area is 62.0 Å². The van der Waals surface area contributed by atoms with Crippen molar-refractivity contribution >= 4 is 6.34 Å². The van der Waals surface area contributed by atoms with Crippen molar-refractivity contribution in [2.45, 2.75) is 20.3 Å². The highest BCUT2D eigenvalue weighted by Gasteiger charge is 1.94. The van der Waals surface area contributed by atoms with E-state index in [1.165, 1.54) is 6.34 Å². The van der Waals surface area contributed by atoms with Gasteiger partial charge in [0.05, 0.1) is 0 Å². The highest BCUT2D eigenvalue weighted by atomic mass is 15.2. The van der Waals surface area contributed by atoms with Crippen LogP contribution < -0.4 is 11.3 Å². The molecular formula is C7H15N3. The maximum absolute atomic E-state index is 4.97. The van der Waals surface area contributed by atoms with E-state index in [1.54, 1.807) is 0 Å². The molecule has 58 valence electrons. The average Bonchev–Trinajstić information content (AvgIpc) is 1.82. The second-order valence-electron chi connectivity index (χ2n) is 2.59. The zero-order valence-corrected chi connectivity index (χ0v) is 6.59. The zero-order valence-electron chi connectivity index (χ0n) is 6.59. The molecule has 0 amide bonds. The van der Waals surface area contributed by atoms with Gasteiger partial charge in [0, 0.05) is 5.70 Å². The van der Waals surface area contributed by atoms with Crippen LogP contribution in [-0.4, -0.2) is 6.34 Å². The van der Waals surface area contributed by atoms with Crippen LogP contribution in [0.4, 0.5) is 0 Å². The summed E-state index contributed by atoms with van der Waals surface area (Å²) in [7, 11) is 0. The van der Waals surface area contributed by atoms with E-state index in [4.69, 9.17) is 5.84 Å². The summed E-state index contributed by atoms with van der Waals surface area (Å²) in [6.07, 6.45) is 2.35. The quantitative estimate of drug-likeness (QED) is 0.266. The molecule has 0 aliphatic rings. The van der Waals surface area contributed by atoms with Crippen molar-refractivity contribution in [1.29, 1.82) is 0 Å². The number of hydrogen-bond acceptors (Lipinski definition) is 2. The number of aliphatic imine (C=N–C) groups is 1. The highest BCUT2D eigenvalue weighted by Crippen LogP contribution is 2.08. The Morgan fingerprint density at radius 1 is 1.80 bits per heavy atom. The summed E-state index contributed by atoms with van der Waals surface area (Å²) in [5.74, 6) is 5.57. The average molecular weight is 141 g/mol. The molecule has 10 heavy (non-hydrogen) atoms. The molecule has 0 atom stereocenters. The van der Waals surface area contributed by atoms with Crippen molar-refractivity contribution in [3.05, 3.63) is 12.3 Å². The smallest absolute Gasteiger partial charge is 0.102 e. The molecule has 0 aliphatic heterocycles. The van der Waals surface area contributed by atoms with Gasteiger partial charge < -0.3 is 5.43 Å². The Kier molecular flexibility index (Phi) is 4.58. The van der Waals surface area contributed by atoms with Crippen molar-refractivity contribution < 1.29 is 0 Å². The van der Waals surface area contributed by atoms with Crippen molar-refractivity contribution in [2.24, 2.45) is 16.8 Å². The molecular weight excluding hydrogens is 126 g/mol. The first-order valence-corrected chi connectivity index (χ1v) is 3.33. The molecule has 0 aromatic heterocycles. The second-order valence-corrected chi connectivity index (χ2v) is 2.59. The molecule has 0 saturated carbocycles. The number of nitrogens with two attached hydrogens (primary N) is 1. The molecule has 0 radical (unpaired) electrons. The van der Waals surface area contributed by atoms with Crippen LogP contribution in [0.15, 0.2) is 17.3 Å². The van der Waals surface area contributed by atoms with Crippen LogP contribution in [0.1, 0.15) is 20.3 Å². The summed E-state index contributed by atoms with van der Waals surface area (Å²) < 4.78 is 0. The van der Waals surface area contributed by atoms with E-state index in [1.807, 2.05) is 0 Å². The van der Waals surface area contributed by atoms with Crippen LogP contribution in [0.2, 0.25) is 0 Å². The van der Waals surface area contributed by atoms with Crippen LogP contribution in [0.3, 0.4) is 0 Å². The van der Waals surface area contributed by atoms with Gasteiger partial charge in [-0.1, -0.05) is 20.4 Å². The molecule has 0 spiro atoms. The number of hydrazine groups is 1. The second kappa shape index (κ2) is 4.99. The van der Waals surface area contributed by atoms with E-state index in [2.05, 4.69) is 30.8 Å². The van der Waals surface area contributed by atoms with Crippen molar-refractivity contribution in [3.8, 4) is 0 Å². The summed E-state index contributed by atoms with van der Waals surface area (Å²) in [6.45, 7) is 7.98. The minimum atomic E-state index is 0.599. The lowest BCUT2D eigenvalue weighted by Crippen LogP contribution is -2.19. The fourth-order valence-electron chi connectivity index (χ4n) is 0.653. The highest BCUT2D eigenvalue weighted by molar-refractivity contribution is 5.54. The molecule has 0 saturated heterocycles. The monoisotopic (exact) mass is 141 g/mol. The first-order valence-electron chi connectivity index (χ1n) is 3.33. The number of nitrogens with one attached hydrogen (secondary N) is 1. The number of rotatable bonds is 4. The fraction of sp³-hybridized carbons (Fsp3) is 0.571. The standard InChI is InChI=1S/C7H15N3/c1-6(2)4-7(3)9-5-10-8/h5-6H,3-4,8H2,1-2H3,(H,9,10). The van der Waals surface area contributed by atoms with E-state index >= 15 is 0 Å². The van der Waals surface area contributed by atoms with Gasteiger partial charge in [0.25, 0.3) is 0 Å². The van der Waals surface area contributed by atoms with E-state index < -0.39 is 0 Å². The molecule has 3 N–H and O–H groups in total. The SMILES string of the molecule is C=C(CC(C)C)N=CNN. The Morgan fingerprint density at radius 3 is 2.80 bits per heavy atom. The van der Waals surface area contributed by atoms with Gasteiger partial charge in [-0.15, -0.1) is 0 Å². The maximum Gasteiger partial charge on any atom is 0.102 e. The third kappa shape index (κ3) is 5.31. The molecule has 0 rings (SSSR count). The van der Waals surface area contributed by atoms with Crippen molar-refractivity contribution in [3.63, 3.8) is 0 Å². The molecule has 3 nitrogen and oxygen atoms in total. The van der Waals surface area contributed by atoms with Crippen molar-refractivity contribution in [1.82, 2.24) is 5.43 Å². The summed E-state index contributed by atoms with van der Waals surface area (Å²) >= 11 is 0. The van der Waals surface area contributed by atoms with Crippen LogP contribution in [0.25, 0.3) is 0 Å². The van der Waals surface area contributed by atoms with E-state index in [-0.39, 0.29) is 0 Å². The summed E-state index contributed by atoms with van der Waals surface area (Å²) in [6, 6.07) is 0. The van der Waals surface area contributed by atoms with Crippen LogP contribution in [-0.2, 0) is 0 Å². The predicted octanol–water partition coefficient (Wildman–Crippen LogP) is 1.04. The van der Waals surface area contributed by atoms with E-state index in [0.29, 0.717) is 5.92 Å². The van der Waals surface area contributed by atoms with Gasteiger partial charge in [-0.25, -0.2) is 10.8 Å². The number of nitrogens with zero attached hydrogens (tertiary/aromatic N) is 1. The Morgan fingerprint density at radius 2 is 2.40 bits per heavy atom. The topological polar surface area (TPSA) is 50.4 Å². The third-order valence-electron chi connectivity index (χ3n) is 0.966. The Balaban J connectivity index is 3.54. The largest absolute Gasteiger partial charge is 0.315 e. The Hall–Kier alpha value is -0.830.